The summed E-state index contributed by atoms with van der Waals surface area (Å²) in [6, 6.07) is 18.0. The van der Waals surface area contributed by atoms with Gasteiger partial charge in [0.25, 0.3) is 0 Å². The third-order valence-electron chi connectivity index (χ3n) is 3.21. The van der Waals surface area contributed by atoms with Crippen molar-refractivity contribution in [2.24, 2.45) is 0 Å². The highest BCUT2D eigenvalue weighted by Gasteiger charge is 2.10. The summed E-state index contributed by atoms with van der Waals surface area (Å²) >= 11 is 0. The first-order chi connectivity index (χ1) is 8.75. The fraction of sp³-hybridized carbons (Fsp3) is 0.0625. The van der Waals surface area contributed by atoms with E-state index in [1.165, 1.54) is 0 Å². The normalized spacial score (nSPS) is 10.9. The summed E-state index contributed by atoms with van der Waals surface area (Å²) in [5.74, 6) is -0.795. The summed E-state index contributed by atoms with van der Waals surface area (Å²) in [6.45, 7) is 0. The van der Waals surface area contributed by atoms with Crippen LogP contribution in [0.1, 0.15) is 5.56 Å². The van der Waals surface area contributed by atoms with Crippen LogP contribution in [0.25, 0.3) is 21.5 Å². The Morgan fingerprint density at radius 3 is 1.89 bits per heavy atom. The van der Waals surface area contributed by atoms with E-state index in [2.05, 4.69) is 6.07 Å². The Kier molecular flexibility index (Phi) is 2.49. The van der Waals surface area contributed by atoms with E-state index in [9.17, 15) is 4.79 Å². The highest BCUT2D eigenvalue weighted by molar-refractivity contribution is 6.03. The molecule has 18 heavy (non-hydrogen) atoms. The molecule has 2 nitrogen and oxygen atoms in total. The molecule has 0 aliphatic rings. The number of hydrogen-bond donors (Lipinski definition) is 1. The van der Waals surface area contributed by atoms with Crippen molar-refractivity contribution >= 4 is 27.5 Å². The van der Waals surface area contributed by atoms with E-state index in [4.69, 9.17) is 5.11 Å². The van der Waals surface area contributed by atoms with Gasteiger partial charge in [0.05, 0.1) is 6.42 Å². The lowest BCUT2D eigenvalue weighted by Gasteiger charge is -2.09. The molecule has 0 aliphatic heterocycles. The highest BCUT2D eigenvalue weighted by atomic mass is 16.4. The Bertz CT molecular complexity index is 690. The third-order valence-corrected chi connectivity index (χ3v) is 3.21. The van der Waals surface area contributed by atoms with Gasteiger partial charge in [-0.3, -0.25) is 4.79 Å². The Morgan fingerprint density at radius 1 is 0.889 bits per heavy atom. The molecule has 0 saturated carbocycles. The molecule has 0 atom stereocenters. The molecule has 3 rings (SSSR count). The van der Waals surface area contributed by atoms with E-state index in [1.807, 2.05) is 48.5 Å². The summed E-state index contributed by atoms with van der Waals surface area (Å²) < 4.78 is 0. The molecule has 3 aromatic rings. The minimum absolute atomic E-state index is 0.0574. The zero-order valence-electron chi connectivity index (χ0n) is 9.76. The minimum atomic E-state index is -0.795. The average molecular weight is 236 g/mol. The maximum Gasteiger partial charge on any atom is 0.307 e. The number of rotatable bonds is 2. The van der Waals surface area contributed by atoms with Gasteiger partial charge in [-0.15, -0.1) is 0 Å². The summed E-state index contributed by atoms with van der Waals surface area (Å²) in [5, 5.41) is 13.3. The van der Waals surface area contributed by atoms with Gasteiger partial charge in [-0.1, -0.05) is 48.5 Å². The van der Waals surface area contributed by atoms with Gasteiger partial charge in [-0.2, -0.15) is 0 Å². The van der Waals surface area contributed by atoms with Gasteiger partial charge in [-0.05, 0) is 33.2 Å². The van der Waals surface area contributed by atoms with Gasteiger partial charge in [0, 0.05) is 0 Å². The van der Waals surface area contributed by atoms with Crippen molar-refractivity contribution in [1.29, 1.82) is 0 Å². The fourth-order valence-electron chi connectivity index (χ4n) is 2.45. The Balaban J connectivity index is 2.45. The zero-order valence-corrected chi connectivity index (χ0v) is 9.76. The van der Waals surface area contributed by atoms with Crippen LogP contribution in [-0.2, 0) is 11.2 Å². The van der Waals surface area contributed by atoms with E-state index >= 15 is 0 Å². The van der Waals surface area contributed by atoms with Gasteiger partial charge in [0.15, 0.2) is 0 Å². The summed E-state index contributed by atoms with van der Waals surface area (Å²) in [7, 11) is 0. The third kappa shape index (κ3) is 1.72. The molecule has 0 saturated heterocycles. The summed E-state index contributed by atoms with van der Waals surface area (Å²) in [6.07, 6.45) is 0.0574. The van der Waals surface area contributed by atoms with Gasteiger partial charge in [0.2, 0.25) is 0 Å². The second kappa shape index (κ2) is 4.15. The average Bonchev–Trinajstić information content (AvgIpc) is 2.38. The van der Waals surface area contributed by atoms with Crippen molar-refractivity contribution in [3.8, 4) is 0 Å². The lowest BCUT2D eigenvalue weighted by molar-refractivity contribution is -0.136. The van der Waals surface area contributed by atoms with E-state index < -0.39 is 5.97 Å². The molecule has 0 heterocycles. The molecule has 0 aliphatic carbocycles. The molecule has 2 heteroatoms. The van der Waals surface area contributed by atoms with Gasteiger partial charge >= 0.3 is 5.97 Å². The van der Waals surface area contributed by atoms with Crippen LogP contribution in [0.4, 0.5) is 0 Å². The monoisotopic (exact) mass is 236 g/mol. The molecule has 0 unspecified atom stereocenters. The predicted molar refractivity (Wildman–Crippen MR) is 72.8 cm³/mol. The molecule has 3 aromatic carbocycles. The van der Waals surface area contributed by atoms with Crippen LogP contribution >= 0.6 is 0 Å². The van der Waals surface area contributed by atoms with Gasteiger partial charge in [0.1, 0.15) is 0 Å². The number of carboxylic acid groups (broad SMARTS) is 1. The van der Waals surface area contributed by atoms with Crippen molar-refractivity contribution in [3.05, 3.63) is 60.2 Å². The smallest absolute Gasteiger partial charge is 0.307 e. The van der Waals surface area contributed by atoms with Crippen LogP contribution < -0.4 is 0 Å². The number of hydrogen-bond acceptors (Lipinski definition) is 1. The molecule has 0 bridgehead atoms. The maximum atomic E-state index is 11.1. The SMILES string of the molecule is O=C(O)Cc1c2ccccc2cc2ccccc12. The Hall–Kier alpha value is -2.35. The molecular weight excluding hydrogens is 224 g/mol. The molecule has 0 radical (unpaired) electrons. The minimum Gasteiger partial charge on any atom is -0.481 e. The number of carboxylic acids is 1. The highest BCUT2D eigenvalue weighted by Crippen LogP contribution is 2.28. The number of benzene rings is 3. The Labute approximate surface area is 104 Å². The first-order valence-corrected chi connectivity index (χ1v) is 5.87. The molecule has 0 amide bonds. The summed E-state index contributed by atoms with van der Waals surface area (Å²) in [5.41, 5.74) is 0.899. The van der Waals surface area contributed by atoms with Gasteiger partial charge in [-0.25, -0.2) is 0 Å². The van der Waals surface area contributed by atoms with Crippen molar-refractivity contribution in [1.82, 2.24) is 0 Å². The zero-order chi connectivity index (χ0) is 12.5. The molecule has 88 valence electrons. The van der Waals surface area contributed by atoms with Crippen molar-refractivity contribution in [2.75, 3.05) is 0 Å². The van der Waals surface area contributed by atoms with Crippen LogP contribution in [0, 0.1) is 0 Å². The van der Waals surface area contributed by atoms with E-state index in [1.54, 1.807) is 0 Å². The largest absolute Gasteiger partial charge is 0.481 e. The van der Waals surface area contributed by atoms with E-state index in [0.717, 1.165) is 27.1 Å². The fourth-order valence-corrected chi connectivity index (χ4v) is 2.45. The van der Waals surface area contributed by atoms with Crippen LogP contribution in [-0.4, -0.2) is 11.1 Å². The lowest BCUT2D eigenvalue weighted by Crippen LogP contribution is -2.01. The van der Waals surface area contributed by atoms with Crippen molar-refractivity contribution < 1.29 is 9.90 Å². The maximum absolute atomic E-state index is 11.1. The number of carbonyl (C=O) groups is 1. The van der Waals surface area contributed by atoms with E-state index in [-0.39, 0.29) is 6.42 Å². The Morgan fingerprint density at radius 2 is 1.39 bits per heavy atom. The second-order valence-corrected chi connectivity index (χ2v) is 4.37. The number of aliphatic carboxylic acids is 1. The van der Waals surface area contributed by atoms with E-state index in [0.29, 0.717) is 0 Å². The standard InChI is InChI=1S/C16H12O2/c17-16(18)10-15-13-7-3-1-5-11(13)9-12-6-2-4-8-14(12)15/h1-9H,10H2,(H,17,18). The summed E-state index contributed by atoms with van der Waals surface area (Å²) in [4.78, 5) is 11.1. The number of fused-ring (bicyclic) bond motifs is 2. The first kappa shape index (κ1) is 10.8. The molecule has 0 spiro atoms. The van der Waals surface area contributed by atoms with Crippen LogP contribution in [0.15, 0.2) is 54.6 Å². The molecule has 0 aromatic heterocycles. The van der Waals surface area contributed by atoms with Crippen molar-refractivity contribution in [3.63, 3.8) is 0 Å². The van der Waals surface area contributed by atoms with Crippen LogP contribution in [0.3, 0.4) is 0 Å². The predicted octanol–water partition coefficient (Wildman–Crippen LogP) is 3.62. The second-order valence-electron chi connectivity index (χ2n) is 4.37. The molecular formula is C16H12O2. The molecule has 0 fully saturated rings. The lowest BCUT2D eigenvalue weighted by atomic mass is 9.95. The van der Waals surface area contributed by atoms with Crippen LogP contribution in [0.2, 0.25) is 0 Å². The first-order valence-electron chi connectivity index (χ1n) is 5.87. The quantitative estimate of drug-likeness (QED) is 0.690. The molecule has 1 N–H and O–H groups in total. The van der Waals surface area contributed by atoms with Gasteiger partial charge < -0.3 is 5.11 Å². The van der Waals surface area contributed by atoms with Crippen LogP contribution in [0.5, 0.6) is 0 Å². The van der Waals surface area contributed by atoms with Crippen molar-refractivity contribution in [2.45, 2.75) is 6.42 Å². The topological polar surface area (TPSA) is 37.3 Å².